The molecule has 0 atom stereocenters. The van der Waals surface area contributed by atoms with Gasteiger partial charge in [-0.25, -0.2) is 0 Å². The summed E-state index contributed by atoms with van der Waals surface area (Å²) in [5.41, 5.74) is 3.58. The standard InChI is InChI=1S/C19H15Cl/c1-14-6-11-19(20)13-17(14)10-8-15-7-9-16-4-2-3-5-18(16)12-15/h2-13H,1H3/b10-8+. The van der Waals surface area contributed by atoms with Crippen LogP contribution in [0, 0.1) is 6.92 Å². The van der Waals surface area contributed by atoms with Crippen molar-refractivity contribution in [2.45, 2.75) is 6.92 Å². The predicted molar refractivity (Wildman–Crippen MR) is 89.1 cm³/mol. The number of hydrogen-bond acceptors (Lipinski definition) is 0. The van der Waals surface area contributed by atoms with Crippen molar-refractivity contribution in [2.24, 2.45) is 0 Å². The zero-order valence-electron chi connectivity index (χ0n) is 11.3. The second kappa shape index (κ2) is 5.52. The van der Waals surface area contributed by atoms with Crippen LogP contribution in [0.15, 0.2) is 60.7 Å². The number of rotatable bonds is 2. The third-order valence-electron chi connectivity index (χ3n) is 3.47. The number of aryl methyl sites for hydroxylation is 1. The summed E-state index contributed by atoms with van der Waals surface area (Å²) in [7, 11) is 0. The molecule has 0 amide bonds. The second-order valence-electron chi connectivity index (χ2n) is 4.94. The lowest BCUT2D eigenvalue weighted by atomic mass is 10.0. The fourth-order valence-electron chi connectivity index (χ4n) is 2.29. The van der Waals surface area contributed by atoms with Crippen LogP contribution < -0.4 is 0 Å². The van der Waals surface area contributed by atoms with Gasteiger partial charge in [-0.3, -0.25) is 0 Å². The minimum Gasteiger partial charge on any atom is -0.0843 e. The number of hydrogen-bond donors (Lipinski definition) is 0. The largest absolute Gasteiger partial charge is 0.0843 e. The molecule has 0 aliphatic rings. The molecule has 0 fully saturated rings. The molecule has 3 aromatic rings. The van der Waals surface area contributed by atoms with Crippen LogP contribution in [0.1, 0.15) is 16.7 Å². The molecule has 0 unspecified atom stereocenters. The fourth-order valence-corrected chi connectivity index (χ4v) is 2.47. The lowest BCUT2D eigenvalue weighted by Gasteiger charge is -2.02. The van der Waals surface area contributed by atoms with Crippen molar-refractivity contribution in [1.29, 1.82) is 0 Å². The van der Waals surface area contributed by atoms with E-state index in [9.17, 15) is 0 Å². The van der Waals surface area contributed by atoms with Gasteiger partial charge >= 0.3 is 0 Å². The Morgan fingerprint density at radius 1 is 0.800 bits per heavy atom. The normalized spacial score (nSPS) is 11.3. The molecule has 3 rings (SSSR count). The molecule has 0 nitrogen and oxygen atoms in total. The molecular weight excluding hydrogens is 264 g/mol. The lowest BCUT2D eigenvalue weighted by Crippen LogP contribution is -1.80. The molecule has 0 aliphatic heterocycles. The highest BCUT2D eigenvalue weighted by Crippen LogP contribution is 2.20. The Labute approximate surface area is 124 Å². The summed E-state index contributed by atoms with van der Waals surface area (Å²) in [5.74, 6) is 0. The third kappa shape index (κ3) is 2.76. The fraction of sp³-hybridized carbons (Fsp3) is 0.0526. The molecule has 0 radical (unpaired) electrons. The van der Waals surface area contributed by atoms with Gasteiger partial charge in [-0.1, -0.05) is 66.2 Å². The maximum absolute atomic E-state index is 6.04. The van der Waals surface area contributed by atoms with Crippen molar-refractivity contribution in [3.05, 3.63) is 82.4 Å². The van der Waals surface area contributed by atoms with Gasteiger partial charge in [-0.2, -0.15) is 0 Å². The van der Waals surface area contributed by atoms with E-state index in [1.807, 2.05) is 18.2 Å². The Morgan fingerprint density at radius 3 is 2.45 bits per heavy atom. The maximum atomic E-state index is 6.04. The second-order valence-corrected chi connectivity index (χ2v) is 5.38. The van der Waals surface area contributed by atoms with Gasteiger partial charge in [-0.05, 0) is 52.6 Å². The van der Waals surface area contributed by atoms with Crippen LogP contribution in [0.5, 0.6) is 0 Å². The topological polar surface area (TPSA) is 0 Å². The smallest absolute Gasteiger partial charge is 0.0412 e. The van der Waals surface area contributed by atoms with Gasteiger partial charge in [0.25, 0.3) is 0 Å². The molecule has 0 aromatic heterocycles. The van der Waals surface area contributed by atoms with Crippen LogP contribution in [0.25, 0.3) is 22.9 Å². The van der Waals surface area contributed by atoms with E-state index in [1.54, 1.807) is 0 Å². The highest BCUT2D eigenvalue weighted by Gasteiger charge is 1.96. The summed E-state index contributed by atoms with van der Waals surface area (Å²) >= 11 is 6.04. The molecule has 1 heteroatoms. The van der Waals surface area contributed by atoms with Crippen molar-refractivity contribution in [3.8, 4) is 0 Å². The minimum atomic E-state index is 0.772. The molecule has 98 valence electrons. The summed E-state index contributed by atoms with van der Waals surface area (Å²) in [6.07, 6.45) is 4.25. The van der Waals surface area contributed by atoms with Crippen molar-refractivity contribution in [3.63, 3.8) is 0 Å². The molecule has 0 spiro atoms. The number of benzene rings is 3. The van der Waals surface area contributed by atoms with Gasteiger partial charge in [0, 0.05) is 5.02 Å². The van der Waals surface area contributed by atoms with E-state index in [1.165, 1.54) is 21.9 Å². The highest BCUT2D eigenvalue weighted by atomic mass is 35.5. The maximum Gasteiger partial charge on any atom is 0.0412 e. The van der Waals surface area contributed by atoms with E-state index >= 15 is 0 Å². The quantitative estimate of drug-likeness (QED) is 0.506. The molecule has 20 heavy (non-hydrogen) atoms. The van der Waals surface area contributed by atoms with E-state index < -0.39 is 0 Å². The monoisotopic (exact) mass is 278 g/mol. The first-order valence-electron chi connectivity index (χ1n) is 6.65. The SMILES string of the molecule is Cc1ccc(Cl)cc1/C=C/c1ccc2ccccc2c1. The van der Waals surface area contributed by atoms with Crippen molar-refractivity contribution >= 4 is 34.5 Å². The molecule has 3 aromatic carbocycles. The van der Waals surface area contributed by atoms with Crippen LogP contribution in [0.2, 0.25) is 5.02 Å². The highest BCUT2D eigenvalue weighted by molar-refractivity contribution is 6.30. The van der Waals surface area contributed by atoms with Gasteiger partial charge in [0.2, 0.25) is 0 Å². The predicted octanol–water partition coefficient (Wildman–Crippen LogP) is 5.97. The first-order valence-corrected chi connectivity index (χ1v) is 7.03. The van der Waals surface area contributed by atoms with E-state index in [0.717, 1.165) is 10.6 Å². The average molecular weight is 279 g/mol. The molecular formula is C19H15Cl. The van der Waals surface area contributed by atoms with Crippen LogP contribution >= 0.6 is 11.6 Å². The molecule has 0 heterocycles. The summed E-state index contributed by atoms with van der Waals surface area (Å²) < 4.78 is 0. The Bertz CT molecular complexity index is 785. The van der Waals surface area contributed by atoms with E-state index in [2.05, 4.69) is 61.5 Å². The summed E-state index contributed by atoms with van der Waals surface area (Å²) in [6, 6.07) is 20.8. The minimum absolute atomic E-state index is 0.772. The third-order valence-corrected chi connectivity index (χ3v) is 3.71. The first kappa shape index (κ1) is 13.0. The Balaban J connectivity index is 1.96. The average Bonchev–Trinajstić information content (AvgIpc) is 2.48. The van der Waals surface area contributed by atoms with Crippen LogP contribution in [0.3, 0.4) is 0 Å². The Kier molecular flexibility index (Phi) is 3.58. The Morgan fingerprint density at radius 2 is 1.60 bits per heavy atom. The molecule has 0 bridgehead atoms. The Hall–Kier alpha value is -2.05. The molecule has 0 saturated carbocycles. The van der Waals surface area contributed by atoms with Gasteiger partial charge in [0.15, 0.2) is 0 Å². The van der Waals surface area contributed by atoms with E-state index in [0.29, 0.717) is 0 Å². The zero-order valence-corrected chi connectivity index (χ0v) is 12.1. The summed E-state index contributed by atoms with van der Waals surface area (Å²) in [5, 5.41) is 3.30. The number of halogens is 1. The number of fused-ring (bicyclic) bond motifs is 1. The molecule has 0 aliphatic carbocycles. The van der Waals surface area contributed by atoms with Crippen molar-refractivity contribution in [2.75, 3.05) is 0 Å². The van der Waals surface area contributed by atoms with Crippen LogP contribution in [0.4, 0.5) is 0 Å². The van der Waals surface area contributed by atoms with E-state index in [-0.39, 0.29) is 0 Å². The van der Waals surface area contributed by atoms with Gasteiger partial charge in [-0.15, -0.1) is 0 Å². The van der Waals surface area contributed by atoms with Crippen molar-refractivity contribution in [1.82, 2.24) is 0 Å². The first-order chi connectivity index (χ1) is 9.72. The van der Waals surface area contributed by atoms with Crippen molar-refractivity contribution < 1.29 is 0 Å². The van der Waals surface area contributed by atoms with Gasteiger partial charge in [0.1, 0.15) is 0 Å². The van der Waals surface area contributed by atoms with Crippen LogP contribution in [-0.4, -0.2) is 0 Å². The lowest BCUT2D eigenvalue weighted by molar-refractivity contribution is 1.45. The van der Waals surface area contributed by atoms with Gasteiger partial charge < -0.3 is 0 Å². The van der Waals surface area contributed by atoms with Crippen LogP contribution in [-0.2, 0) is 0 Å². The molecule has 0 saturated heterocycles. The summed E-state index contributed by atoms with van der Waals surface area (Å²) in [6.45, 7) is 2.09. The van der Waals surface area contributed by atoms with Gasteiger partial charge in [0.05, 0.1) is 0 Å². The zero-order chi connectivity index (χ0) is 13.9. The molecule has 0 N–H and O–H groups in total. The van der Waals surface area contributed by atoms with E-state index in [4.69, 9.17) is 11.6 Å². The summed E-state index contributed by atoms with van der Waals surface area (Å²) in [4.78, 5) is 0.